The van der Waals surface area contributed by atoms with E-state index in [0.717, 1.165) is 31.4 Å². The largest absolute Gasteiger partial charge is 0.356 e. The Morgan fingerprint density at radius 2 is 1.96 bits per heavy atom. The first-order valence-corrected chi connectivity index (χ1v) is 10.4. The van der Waals surface area contributed by atoms with Crippen molar-refractivity contribution in [3.63, 3.8) is 0 Å². The third-order valence-electron chi connectivity index (χ3n) is 4.20. The quantitative estimate of drug-likeness (QED) is 0.391. The number of carbonyl (C=O) groups excluding carboxylic acids is 2. The summed E-state index contributed by atoms with van der Waals surface area (Å²) < 4.78 is 0.567. The number of rotatable bonds is 9. The van der Waals surface area contributed by atoms with Crippen molar-refractivity contribution in [3.8, 4) is 0 Å². The van der Waals surface area contributed by atoms with Gasteiger partial charge in [0.15, 0.2) is 0 Å². The number of carbonyl (C=O) groups is 2. The van der Waals surface area contributed by atoms with Gasteiger partial charge in [-0.25, -0.2) is 0 Å². The van der Waals surface area contributed by atoms with Gasteiger partial charge in [0.2, 0.25) is 5.91 Å². The van der Waals surface area contributed by atoms with Crippen LogP contribution in [0.1, 0.15) is 50.7 Å². The standard InChI is InChI=1S/C20H26N2O2S2/c1-3-5-12-21-18(23)7-6-13-22-19(24)17(26-20(22)25)14-16-10-8-15(4-2)9-11-16/h8-11,14H,3-7,12-13H2,1-2H3,(H,21,23). The number of thioether (sulfide) groups is 1. The predicted octanol–water partition coefficient (Wildman–Crippen LogP) is 4.15. The van der Waals surface area contributed by atoms with Crippen LogP contribution in [0.4, 0.5) is 0 Å². The van der Waals surface area contributed by atoms with Crippen LogP contribution in [0.25, 0.3) is 6.08 Å². The van der Waals surface area contributed by atoms with Crippen LogP contribution in [0.15, 0.2) is 29.2 Å². The Labute approximate surface area is 165 Å². The first-order valence-electron chi connectivity index (χ1n) is 9.16. The first-order chi connectivity index (χ1) is 12.5. The second kappa shape index (κ2) is 10.5. The summed E-state index contributed by atoms with van der Waals surface area (Å²) in [5.74, 6) is -0.0265. The number of unbranched alkanes of at least 4 members (excludes halogenated alkanes) is 1. The van der Waals surface area contributed by atoms with Crippen LogP contribution >= 0.6 is 24.0 Å². The molecule has 1 N–H and O–H groups in total. The molecule has 1 heterocycles. The highest BCUT2D eigenvalue weighted by atomic mass is 32.2. The molecule has 0 bridgehead atoms. The third kappa shape index (κ3) is 5.95. The van der Waals surface area contributed by atoms with E-state index < -0.39 is 0 Å². The van der Waals surface area contributed by atoms with Crippen molar-refractivity contribution >= 4 is 46.2 Å². The molecule has 1 fully saturated rings. The lowest BCUT2D eigenvalue weighted by Crippen LogP contribution is -2.30. The fourth-order valence-corrected chi connectivity index (χ4v) is 3.89. The second-order valence-electron chi connectivity index (χ2n) is 6.24. The maximum absolute atomic E-state index is 12.6. The van der Waals surface area contributed by atoms with E-state index in [2.05, 4.69) is 31.3 Å². The van der Waals surface area contributed by atoms with E-state index in [1.165, 1.54) is 17.3 Å². The summed E-state index contributed by atoms with van der Waals surface area (Å²) in [6.45, 7) is 5.41. The second-order valence-corrected chi connectivity index (χ2v) is 7.91. The monoisotopic (exact) mass is 390 g/mol. The fraction of sp³-hybridized carbons (Fsp3) is 0.450. The summed E-state index contributed by atoms with van der Waals surface area (Å²) in [5, 5.41) is 2.89. The van der Waals surface area contributed by atoms with Crippen LogP contribution < -0.4 is 5.32 Å². The highest BCUT2D eigenvalue weighted by Gasteiger charge is 2.31. The highest BCUT2D eigenvalue weighted by Crippen LogP contribution is 2.32. The molecule has 1 aromatic carbocycles. The van der Waals surface area contributed by atoms with Crippen LogP contribution in [0.2, 0.25) is 0 Å². The van der Waals surface area contributed by atoms with Gasteiger partial charge in [-0.2, -0.15) is 0 Å². The average molecular weight is 391 g/mol. The van der Waals surface area contributed by atoms with E-state index in [1.54, 1.807) is 4.90 Å². The zero-order chi connectivity index (χ0) is 18.9. The normalized spacial score (nSPS) is 15.8. The van der Waals surface area contributed by atoms with Crippen molar-refractivity contribution < 1.29 is 9.59 Å². The minimum Gasteiger partial charge on any atom is -0.356 e. The molecule has 0 radical (unpaired) electrons. The maximum atomic E-state index is 12.6. The lowest BCUT2D eigenvalue weighted by molar-refractivity contribution is -0.124. The molecule has 2 rings (SSSR count). The molecule has 0 spiro atoms. The molecule has 0 saturated carbocycles. The van der Waals surface area contributed by atoms with Crippen LogP contribution in [0, 0.1) is 0 Å². The molecule has 6 heteroatoms. The van der Waals surface area contributed by atoms with E-state index in [9.17, 15) is 9.59 Å². The number of amides is 2. The van der Waals surface area contributed by atoms with Gasteiger partial charge < -0.3 is 5.32 Å². The summed E-state index contributed by atoms with van der Waals surface area (Å²) in [6.07, 6.45) is 5.96. The van der Waals surface area contributed by atoms with E-state index in [0.29, 0.717) is 28.6 Å². The van der Waals surface area contributed by atoms with E-state index >= 15 is 0 Å². The Morgan fingerprint density at radius 1 is 1.23 bits per heavy atom. The van der Waals surface area contributed by atoms with Gasteiger partial charge in [0.1, 0.15) is 4.32 Å². The van der Waals surface area contributed by atoms with Crippen molar-refractivity contribution in [2.45, 2.75) is 46.0 Å². The Bertz CT molecular complexity index is 684. The Hall–Kier alpha value is -1.66. The molecule has 2 amide bonds. The molecule has 1 saturated heterocycles. The minimum absolute atomic E-state index is 0.0375. The zero-order valence-corrected chi connectivity index (χ0v) is 17.0. The van der Waals surface area contributed by atoms with Gasteiger partial charge in [-0.3, -0.25) is 14.5 Å². The summed E-state index contributed by atoms with van der Waals surface area (Å²) in [5.41, 5.74) is 2.27. The molecular formula is C20H26N2O2S2. The van der Waals surface area contributed by atoms with Gasteiger partial charge in [0, 0.05) is 19.5 Å². The molecular weight excluding hydrogens is 364 g/mol. The number of benzene rings is 1. The van der Waals surface area contributed by atoms with Crippen LogP contribution in [0.5, 0.6) is 0 Å². The van der Waals surface area contributed by atoms with Crippen molar-refractivity contribution in [2.24, 2.45) is 0 Å². The Kier molecular flexibility index (Phi) is 8.32. The smallest absolute Gasteiger partial charge is 0.266 e. The molecule has 26 heavy (non-hydrogen) atoms. The fourth-order valence-electron chi connectivity index (χ4n) is 2.58. The van der Waals surface area contributed by atoms with Crippen molar-refractivity contribution in [1.82, 2.24) is 10.2 Å². The molecule has 1 aromatic rings. The van der Waals surface area contributed by atoms with Gasteiger partial charge in [-0.05, 0) is 36.5 Å². The molecule has 0 atom stereocenters. The molecule has 0 aromatic heterocycles. The van der Waals surface area contributed by atoms with Crippen LogP contribution in [-0.4, -0.2) is 34.1 Å². The number of hydrogen-bond donors (Lipinski definition) is 1. The number of thiocarbonyl (C=S) groups is 1. The number of aryl methyl sites for hydroxylation is 1. The molecule has 4 nitrogen and oxygen atoms in total. The lowest BCUT2D eigenvalue weighted by atomic mass is 10.1. The van der Waals surface area contributed by atoms with E-state index in [1.807, 2.05) is 18.2 Å². The van der Waals surface area contributed by atoms with E-state index in [4.69, 9.17) is 12.2 Å². The summed E-state index contributed by atoms with van der Waals surface area (Å²) in [7, 11) is 0. The van der Waals surface area contributed by atoms with Gasteiger partial charge >= 0.3 is 0 Å². The third-order valence-corrected chi connectivity index (χ3v) is 5.58. The van der Waals surface area contributed by atoms with Gasteiger partial charge in [0.05, 0.1) is 4.91 Å². The van der Waals surface area contributed by atoms with E-state index in [-0.39, 0.29) is 11.8 Å². The summed E-state index contributed by atoms with van der Waals surface area (Å²) in [4.78, 5) is 26.6. The van der Waals surface area contributed by atoms with Crippen molar-refractivity contribution in [1.29, 1.82) is 0 Å². The zero-order valence-electron chi connectivity index (χ0n) is 15.4. The number of nitrogens with zero attached hydrogens (tertiary/aromatic N) is 1. The SMILES string of the molecule is CCCCNC(=O)CCCN1C(=O)C(=Cc2ccc(CC)cc2)SC1=S. The molecule has 0 unspecified atom stereocenters. The number of nitrogens with one attached hydrogen (secondary N) is 1. The maximum Gasteiger partial charge on any atom is 0.266 e. The first kappa shape index (κ1) is 20.6. The molecule has 140 valence electrons. The Balaban J connectivity index is 1.87. The minimum atomic E-state index is -0.0639. The van der Waals surface area contributed by atoms with Crippen molar-refractivity contribution in [2.75, 3.05) is 13.1 Å². The average Bonchev–Trinajstić information content (AvgIpc) is 2.90. The number of hydrogen-bond acceptors (Lipinski definition) is 4. The summed E-state index contributed by atoms with van der Waals surface area (Å²) in [6, 6.07) is 8.19. The van der Waals surface area contributed by atoms with Crippen LogP contribution in [0.3, 0.4) is 0 Å². The topological polar surface area (TPSA) is 49.4 Å². The molecule has 0 aliphatic carbocycles. The van der Waals surface area contributed by atoms with Gasteiger partial charge in [-0.1, -0.05) is 68.5 Å². The highest BCUT2D eigenvalue weighted by molar-refractivity contribution is 8.26. The predicted molar refractivity (Wildman–Crippen MR) is 113 cm³/mol. The molecule has 1 aliphatic heterocycles. The lowest BCUT2D eigenvalue weighted by Gasteiger charge is -2.14. The van der Waals surface area contributed by atoms with Gasteiger partial charge in [-0.15, -0.1) is 0 Å². The van der Waals surface area contributed by atoms with Gasteiger partial charge in [0.25, 0.3) is 5.91 Å². The van der Waals surface area contributed by atoms with Crippen LogP contribution in [-0.2, 0) is 16.0 Å². The van der Waals surface area contributed by atoms with Crippen molar-refractivity contribution in [3.05, 3.63) is 40.3 Å². The summed E-state index contributed by atoms with van der Waals surface area (Å²) >= 11 is 6.67. The molecule has 1 aliphatic rings. The Morgan fingerprint density at radius 3 is 2.62 bits per heavy atom.